The molecule has 1 aromatic rings. The molecule has 136 valence electrons. The largest absolute Gasteiger partial charge is 0.418 e. The van der Waals surface area contributed by atoms with Crippen LogP contribution < -0.4 is 15.8 Å². The molecule has 3 rings (SSSR count). The van der Waals surface area contributed by atoms with Gasteiger partial charge >= 0.3 is 6.18 Å². The first kappa shape index (κ1) is 18.0. The highest BCUT2D eigenvalue weighted by molar-refractivity contribution is 6.31. The van der Waals surface area contributed by atoms with Crippen molar-refractivity contribution >= 4 is 29.1 Å². The van der Waals surface area contributed by atoms with Crippen LogP contribution in [0.15, 0.2) is 24.3 Å². The van der Waals surface area contributed by atoms with Gasteiger partial charge in [-0.3, -0.25) is 19.9 Å². The van der Waals surface area contributed by atoms with Crippen LogP contribution in [0.2, 0.25) is 0 Å². The van der Waals surface area contributed by atoms with Gasteiger partial charge in [-0.1, -0.05) is 12.1 Å². The van der Waals surface area contributed by atoms with E-state index in [2.05, 4.69) is 10.9 Å². The van der Waals surface area contributed by atoms with E-state index in [9.17, 15) is 22.8 Å². The lowest BCUT2D eigenvalue weighted by atomic mass is 10.1. The quantitative estimate of drug-likeness (QED) is 0.755. The number of amides is 2. The van der Waals surface area contributed by atoms with E-state index >= 15 is 0 Å². The molecule has 6 nitrogen and oxygen atoms in total. The molecule has 0 saturated carbocycles. The van der Waals surface area contributed by atoms with Crippen LogP contribution in [0.4, 0.5) is 18.9 Å². The van der Waals surface area contributed by atoms with Gasteiger partial charge in [0, 0.05) is 25.7 Å². The minimum atomic E-state index is -4.54. The van der Waals surface area contributed by atoms with E-state index < -0.39 is 35.0 Å². The molecule has 0 spiro atoms. The molecule has 0 bridgehead atoms. The highest BCUT2D eigenvalue weighted by Crippen LogP contribution is 2.37. The number of carbonyl (C=O) groups excluding carboxylic acids is 2. The summed E-state index contributed by atoms with van der Waals surface area (Å²) in [5.74, 6) is -0.854. The van der Waals surface area contributed by atoms with E-state index in [0.29, 0.717) is 13.1 Å². The van der Waals surface area contributed by atoms with E-state index in [-0.39, 0.29) is 18.8 Å². The molecule has 2 aliphatic heterocycles. The van der Waals surface area contributed by atoms with E-state index in [1.54, 1.807) is 4.90 Å². The third kappa shape index (κ3) is 3.58. The summed E-state index contributed by atoms with van der Waals surface area (Å²) in [4.78, 5) is 26.9. The van der Waals surface area contributed by atoms with Crippen molar-refractivity contribution in [3.05, 3.63) is 29.8 Å². The molecule has 2 atom stereocenters. The topological polar surface area (TPSA) is 64.7 Å². The van der Waals surface area contributed by atoms with Gasteiger partial charge in [-0.15, -0.1) is 11.6 Å². The van der Waals surface area contributed by atoms with Gasteiger partial charge in [0.15, 0.2) is 0 Å². The van der Waals surface area contributed by atoms with E-state index in [1.165, 1.54) is 18.2 Å². The predicted molar refractivity (Wildman–Crippen MR) is 84.9 cm³/mol. The van der Waals surface area contributed by atoms with Gasteiger partial charge in [-0.05, 0) is 12.1 Å². The first-order valence-electron chi connectivity index (χ1n) is 7.66. The minimum absolute atomic E-state index is 0.0909. The zero-order valence-corrected chi connectivity index (χ0v) is 13.8. The summed E-state index contributed by atoms with van der Waals surface area (Å²) >= 11 is 6.09. The first-order valence-corrected chi connectivity index (χ1v) is 8.10. The number of piperazine rings is 1. The molecule has 2 amide bonds. The Balaban J connectivity index is 1.77. The maximum absolute atomic E-state index is 13.2. The highest BCUT2D eigenvalue weighted by atomic mass is 35.5. The summed E-state index contributed by atoms with van der Waals surface area (Å²) in [6.45, 7) is 0.662. The number of hydrazine groups is 1. The lowest BCUT2D eigenvalue weighted by molar-refractivity contribution is -0.137. The van der Waals surface area contributed by atoms with Crippen LogP contribution in [0.1, 0.15) is 5.56 Å². The number of rotatable bonds is 2. The van der Waals surface area contributed by atoms with Crippen LogP contribution in [-0.4, -0.2) is 54.3 Å². The van der Waals surface area contributed by atoms with Gasteiger partial charge in [-0.25, -0.2) is 5.43 Å². The molecule has 2 aliphatic rings. The average Bonchev–Trinajstić information content (AvgIpc) is 2.56. The number of alkyl halides is 4. The summed E-state index contributed by atoms with van der Waals surface area (Å²) in [6, 6.07) is 4.60. The molecular weight excluding hydrogens is 361 g/mol. The Morgan fingerprint density at radius 1 is 1.16 bits per heavy atom. The highest BCUT2D eigenvalue weighted by Gasteiger charge is 2.40. The summed E-state index contributed by atoms with van der Waals surface area (Å²) in [5, 5.41) is -0.830. The van der Waals surface area contributed by atoms with Gasteiger partial charge in [0.2, 0.25) is 5.91 Å². The Kier molecular flexibility index (Phi) is 4.90. The Hall–Kier alpha value is -1.84. The van der Waals surface area contributed by atoms with Crippen LogP contribution in [0.5, 0.6) is 0 Å². The van der Waals surface area contributed by atoms with Crippen LogP contribution in [0.3, 0.4) is 0 Å². The SMILES string of the molecule is O=C1NNCC(N2CCN(c3ccccc3C(F)(F)F)C(=O)C2)C1Cl. The number of nitrogens with zero attached hydrogens (tertiary/aromatic N) is 2. The van der Waals surface area contributed by atoms with Gasteiger partial charge in [0.25, 0.3) is 5.91 Å². The molecule has 0 aliphatic carbocycles. The number of nitrogens with one attached hydrogen (secondary N) is 2. The van der Waals surface area contributed by atoms with Crippen molar-refractivity contribution in [1.29, 1.82) is 0 Å². The number of carbonyl (C=O) groups is 2. The second kappa shape index (κ2) is 6.81. The molecule has 2 unspecified atom stereocenters. The average molecular weight is 377 g/mol. The molecular formula is C15H16ClF3N4O2. The smallest absolute Gasteiger partial charge is 0.309 e. The van der Waals surface area contributed by atoms with E-state index in [0.717, 1.165) is 11.0 Å². The Morgan fingerprint density at radius 3 is 2.56 bits per heavy atom. The normalized spacial score (nSPS) is 25.8. The summed E-state index contributed by atoms with van der Waals surface area (Å²) in [7, 11) is 0. The van der Waals surface area contributed by atoms with E-state index in [1.807, 2.05) is 0 Å². The number of hydrogen-bond donors (Lipinski definition) is 2. The van der Waals surface area contributed by atoms with Crippen LogP contribution in [0, 0.1) is 0 Å². The Morgan fingerprint density at radius 2 is 1.88 bits per heavy atom. The lowest BCUT2D eigenvalue weighted by Crippen LogP contribution is -2.65. The third-order valence-corrected chi connectivity index (χ3v) is 4.82. The number of benzene rings is 1. The standard InChI is InChI=1S/C15H16ClF3N4O2/c16-13-11(7-20-21-14(13)25)22-5-6-23(12(24)8-22)10-4-2-1-3-9(10)15(17,18)19/h1-4,11,13,20H,5-8H2,(H,21,25). The van der Waals surface area contributed by atoms with Crippen molar-refractivity contribution in [2.45, 2.75) is 17.6 Å². The lowest BCUT2D eigenvalue weighted by Gasteiger charge is -2.42. The molecule has 25 heavy (non-hydrogen) atoms. The molecule has 2 saturated heterocycles. The summed E-state index contributed by atoms with van der Waals surface area (Å²) in [6.07, 6.45) is -4.54. The number of halogens is 4. The fourth-order valence-corrected chi connectivity index (χ4v) is 3.38. The molecule has 1 aromatic carbocycles. The second-order valence-corrected chi connectivity index (χ2v) is 6.34. The molecule has 2 fully saturated rings. The van der Waals surface area contributed by atoms with Crippen molar-refractivity contribution in [3.63, 3.8) is 0 Å². The van der Waals surface area contributed by atoms with Crippen molar-refractivity contribution in [3.8, 4) is 0 Å². The first-order chi connectivity index (χ1) is 11.8. The van der Waals surface area contributed by atoms with Crippen LogP contribution in [0.25, 0.3) is 0 Å². The van der Waals surface area contributed by atoms with Crippen molar-refractivity contribution in [2.75, 3.05) is 31.1 Å². The minimum Gasteiger partial charge on any atom is -0.309 e. The van der Waals surface area contributed by atoms with Gasteiger partial charge in [0.05, 0.1) is 17.8 Å². The van der Waals surface area contributed by atoms with Crippen LogP contribution >= 0.6 is 11.6 Å². The van der Waals surface area contributed by atoms with Crippen molar-refractivity contribution in [2.24, 2.45) is 0 Å². The number of para-hydroxylation sites is 1. The molecule has 0 aromatic heterocycles. The number of anilines is 1. The van der Waals surface area contributed by atoms with Crippen molar-refractivity contribution < 1.29 is 22.8 Å². The number of hydrogen-bond acceptors (Lipinski definition) is 4. The predicted octanol–water partition coefficient (Wildman–Crippen LogP) is 0.964. The van der Waals surface area contributed by atoms with Gasteiger partial charge in [0.1, 0.15) is 5.38 Å². The summed E-state index contributed by atoms with van der Waals surface area (Å²) < 4.78 is 39.5. The fraction of sp³-hybridized carbons (Fsp3) is 0.467. The molecule has 10 heteroatoms. The van der Waals surface area contributed by atoms with E-state index in [4.69, 9.17) is 11.6 Å². The maximum atomic E-state index is 13.2. The maximum Gasteiger partial charge on any atom is 0.418 e. The Labute approximate surface area is 146 Å². The van der Waals surface area contributed by atoms with Gasteiger partial charge in [-0.2, -0.15) is 13.2 Å². The van der Waals surface area contributed by atoms with Gasteiger partial charge < -0.3 is 4.90 Å². The summed E-state index contributed by atoms with van der Waals surface area (Å²) in [5.41, 5.74) is 4.11. The van der Waals surface area contributed by atoms with Crippen molar-refractivity contribution in [1.82, 2.24) is 15.8 Å². The molecule has 0 radical (unpaired) electrons. The monoisotopic (exact) mass is 376 g/mol. The van der Waals surface area contributed by atoms with Crippen LogP contribution in [-0.2, 0) is 15.8 Å². The molecule has 2 heterocycles. The third-order valence-electron chi connectivity index (χ3n) is 4.33. The zero-order valence-electron chi connectivity index (χ0n) is 13.0. The zero-order chi connectivity index (χ0) is 18.2. The second-order valence-electron chi connectivity index (χ2n) is 5.87. The molecule has 2 N–H and O–H groups in total. The Bertz CT molecular complexity index is 685. The fourth-order valence-electron chi connectivity index (χ4n) is 3.08.